The Bertz CT molecular complexity index is 643. The van der Waals surface area contributed by atoms with E-state index in [9.17, 15) is 4.79 Å². The van der Waals surface area contributed by atoms with E-state index in [1.165, 1.54) is 0 Å². The van der Waals surface area contributed by atoms with Crippen molar-refractivity contribution in [1.82, 2.24) is 4.98 Å². The summed E-state index contributed by atoms with van der Waals surface area (Å²) < 4.78 is 1.80. The Labute approximate surface area is 134 Å². The van der Waals surface area contributed by atoms with Gasteiger partial charge in [0.15, 0.2) is 0 Å². The number of halogens is 2. The number of carbonyl (C=O) groups excluding carboxylic acids is 1. The molecule has 0 saturated heterocycles. The molecule has 0 unspecified atom stereocenters. The van der Waals surface area contributed by atoms with Gasteiger partial charge in [-0.25, -0.2) is 0 Å². The number of hydrogen-bond acceptors (Lipinski definition) is 2. The van der Waals surface area contributed by atoms with Crippen molar-refractivity contribution in [3.8, 4) is 0 Å². The van der Waals surface area contributed by atoms with E-state index < -0.39 is 0 Å². The maximum absolute atomic E-state index is 12.3. The minimum Gasteiger partial charge on any atom is -0.320 e. The molecule has 1 aromatic heterocycles. The lowest BCUT2D eigenvalue weighted by Gasteiger charge is -2.10. The highest BCUT2D eigenvalue weighted by atomic mass is 127. The van der Waals surface area contributed by atoms with E-state index in [4.69, 9.17) is 0 Å². The smallest absolute Gasteiger partial charge is 0.256 e. The average molecular weight is 431 g/mol. The molecule has 5 heteroatoms. The Morgan fingerprint density at radius 2 is 2.00 bits per heavy atom. The van der Waals surface area contributed by atoms with Crippen LogP contribution in [0.25, 0.3) is 0 Å². The Morgan fingerprint density at radius 3 is 2.68 bits per heavy atom. The van der Waals surface area contributed by atoms with Gasteiger partial charge in [-0.2, -0.15) is 0 Å². The van der Waals surface area contributed by atoms with Gasteiger partial charge in [0.25, 0.3) is 5.91 Å². The van der Waals surface area contributed by atoms with E-state index in [-0.39, 0.29) is 5.91 Å². The minimum atomic E-state index is -0.126. The standard InChI is InChI=1S/C14H12BrIN2O/c1-8-3-6-13(9(2)17-8)18-14(19)11-7-10(15)4-5-12(11)16/h3-7H,1-2H3,(H,18,19). The Hall–Kier alpha value is -0.950. The highest BCUT2D eigenvalue weighted by Gasteiger charge is 2.12. The van der Waals surface area contributed by atoms with Crippen molar-refractivity contribution in [3.05, 3.63) is 55.3 Å². The van der Waals surface area contributed by atoms with Crippen molar-refractivity contribution in [1.29, 1.82) is 0 Å². The SMILES string of the molecule is Cc1ccc(NC(=O)c2cc(Br)ccc2I)c(C)n1. The highest BCUT2D eigenvalue weighted by molar-refractivity contribution is 14.1. The number of anilines is 1. The predicted molar refractivity (Wildman–Crippen MR) is 88.5 cm³/mol. The summed E-state index contributed by atoms with van der Waals surface area (Å²) in [6.45, 7) is 3.81. The molecule has 0 fully saturated rings. The van der Waals surface area contributed by atoms with Gasteiger partial charge in [-0.15, -0.1) is 0 Å². The van der Waals surface area contributed by atoms with Crippen LogP contribution >= 0.6 is 38.5 Å². The summed E-state index contributed by atoms with van der Waals surface area (Å²) in [4.78, 5) is 16.6. The Kier molecular flexibility index (Phi) is 4.57. The van der Waals surface area contributed by atoms with E-state index >= 15 is 0 Å². The van der Waals surface area contributed by atoms with Gasteiger partial charge < -0.3 is 5.32 Å². The van der Waals surface area contributed by atoms with Crippen LogP contribution in [0.1, 0.15) is 21.7 Å². The van der Waals surface area contributed by atoms with Crippen molar-refractivity contribution in [2.24, 2.45) is 0 Å². The maximum atomic E-state index is 12.3. The van der Waals surface area contributed by atoms with Crippen molar-refractivity contribution in [2.45, 2.75) is 13.8 Å². The maximum Gasteiger partial charge on any atom is 0.256 e. The van der Waals surface area contributed by atoms with Crippen molar-refractivity contribution < 1.29 is 4.79 Å². The number of benzene rings is 1. The van der Waals surface area contributed by atoms with Crippen LogP contribution in [-0.2, 0) is 0 Å². The zero-order chi connectivity index (χ0) is 14.0. The fraction of sp³-hybridized carbons (Fsp3) is 0.143. The van der Waals surface area contributed by atoms with Gasteiger partial charge >= 0.3 is 0 Å². The van der Waals surface area contributed by atoms with Crippen LogP contribution < -0.4 is 5.32 Å². The zero-order valence-corrected chi connectivity index (χ0v) is 14.2. The van der Waals surface area contributed by atoms with Gasteiger partial charge in [-0.3, -0.25) is 9.78 Å². The van der Waals surface area contributed by atoms with Crippen molar-refractivity contribution in [3.63, 3.8) is 0 Å². The number of aryl methyl sites for hydroxylation is 2. The lowest BCUT2D eigenvalue weighted by Crippen LogP contribution is -2.14. The number of carbonyl (C=O) groups is 1. The van der Waals surface area contributed by atoms with Crippen LogP contribution in [0, 0.1) is 17.4 Å². The molecule has 98 valence electrons. The molecule has 0 saturated carbocycles. The summed E-state index contributed by atoms with van der Waals surface area (Å²) in [6, 6.07) is 9.39. The van der Waals surface area contributed by atoms with Crippen molar-refractivity contribution in [2.75, 3.05) is 5.32 Å². The molecule has 0 radical (unpaired) electrons. The van der Waals surface area contributed by atoms with Crippen LogP contribution in [0.3, 0.4) is 0 Å². The fourth-order valence-corrected chi connectivity index (χ4v) is 2.62. The molecule has 3 nitrogen and oxygen atoms in total. The molecule has 0 aliphatic carbocycles. The van der Waals surface area contributed by atoms with E-state index in [2.05, 4.69) is 48.8 Å². The summed E-state index contributed by atoms with van der Waals surface area (Å²) in [6.07, 6.45) is 0. The lowest BCUT2D eigenvalue weighted by molar-refractivity contribution is 0.102. The summed E-state index contributed by atoms with van der Waals surface area (Å²) in [5, 5.41) is 2.89. The second-order valence-electron chi connectivity index (χ2n) is 4.16. The Morgan fingerprint density at radius 1 is 1.26 bits per heavy atom. The Balaban J connectivity index is 2.28. The van der Waals surface area contributed by atoms with Gasteiger partial charge in [0.2, 0.25) is 0 Å². The first-order valence-corrected chi connectivity index (χ1v) is 7.55. The minimum absolute atomic E-state index is 0.126. The first-order valence-electron chi connectivity index (χ1n) is 5.68. The molecule has 0 spiro atoms. The molecule has 2 rings (SSSR count). The average Bonchev–Trinajstić information content (AvgIpc) is 2.35. The molecule has 1 N–H and O–H groups in total. The van der Waals surface area contributed by atoms with E-state index in [0.29, 0.717) is 5.56 Å². The largest absolute Gasteiger partial charge is 0.320 e. The summed E-state index contributed by atoms with van der Waals surface area (Å²) in [5.74, 6) is -0.126. The molecule has 0 aliphatic rings. The normalized spacial score (nSPS) is 10.3. The summed E-state index contributed by atoms with van der Waals surface area (Å²) in [7, 11) is 0. The molecule has 19 heavy (non-hydrogen) atoms. The molecular weight excluding hydrogens is 419 g/mol. The second-order valence-corrected chi connectivity index (χ2v) is 6.24. The quantitative estimate of drug-likeness (QED) is 0.721. The molecule has 2 aromatic rings. The van der Waals surface area contributed by atoms with E-state index in [1.54, 1.807) is 0 Å². The fourth-order valence-electron chi connectivity index (χ4n) is 1.68. The molecule has 0 aliphatic heterocycles. The first kappa shape index (κ1) is 14.5. The van der Waals surface area contributed by atoms with E-state index in [0.717, 1.165) is 25.1 Å². The van der Waals surface area contributed by atoms with Gasteiger partial charge in [0.1, 0.15) is 0 Å². The third-order valence-corrected chi connectivity index (χ3v) is 4.08. The molecule has 1 aromatic carbocycles. The molecular formula is C14H12BrIN2O. The van der Waals surface area contributed by atoms with E-state index in [1.807, 2.05) is 44.2 Å². The molecule has 0 atom stereocenters. The topological polar surface area (TPSA) is 42.0 Å². The van der Waals surface area contributed by atoms with Crippen molar-refractivity contribution >= 4 is 50.1 Å². The summed E-state index contributed by atoms with van der Waals surface area (Å²) >= 11 is 5.53. The van der Waals surface area contributed by atoms with Crippen LogP contribution in [0.2, 0.25) is 0 Å². The first-order chi connectivity index (χ1) is 8.97. The van der Waals surface area contributed by atoms with Gasteiger partial charge in [0.05, 0.1) is 16.9 Å². The van der Waals surface area contributed by atoms with Gasteiger partial charge in [-0.1, -0.05) is 15.9 Å². The third kappa shape index (κ3) is 3.54. The number of rotatable bonds is 2. The van der Waals surface area contributed by atoms with Crippen LogP contribution in [0.5, 0.6) is 0 Å². The zero-order valence-electron chi connectivity index (χ0n) is 10.5. The predicted octanol–water partition coefficient (Wildman–Crippen LogP) is 4.32. The number of aromatic nitrogens is 1. The molecule has 0 bridgehead atoms. The van der Waals surface area contributed by atoms with Gasteiger partial charge in [0, 0.05) is 13.7 Å². The number of hydrogen-bond donors (Lipinski definition) is 1. The lowest BCUT2D eigenvalue weighted by atomic mass is 10.2. The second kappa shape index (κ2) is 6.00. The summed E-state index contributed by atoms with van der Waals surface area (Å²) in [5.41, 5.74) is 3.15. The number of nitrogens with one attached hydrogen (secondary N) is 1. The van der Waals surface area contributed by atoms with Crippen LogP contribution in [-0.4, -0.2) is 10.9 Å². The number of amides is 1. The monoisotopic (exact) mass is 430 g/mol. The van der Waals surface area contributed by atoms with Crippen LogP contribution in [0.4, 0.5) is 5.69 Å². The third-order valence-electron chi connectivity index (χ3n) is 2.65. The molecule has 1 heterocycles. The highest BCUT2D eigenvalue weighted by Crippen LogP contribution is 2.20. The number of pyridine rings is 1. The number of nitrogens with zero attached hydrogens (tertiary/aromatic N) is 1. The van der Waals surface area contributed by atoms with Gasteiger partial charge in [-0.05, 0) is 66.8 Å². The van der Waals surface area contributed by atoms with Crippen LogP contribution in [0.15, 0.2) is 34.8 Å². The molecule has 1 amide bonds.